The molecule has 1 aromatic carbocycles. The number of fused-ring (bicyclic) bond motifs is 3. The molecule has 0 spiro atoms. The van der Waals surface area contributed by atoms with E-state index in [1.165, 1.54) is 25.7 Å². The van der Waals surface area contributed by atoms with Crippen molar-refractivity contribution in [2.45, 2.75) is 50.4 Å². The first kappa shape index (κ1) is 18.5. The first-order valence-corrected chi connectivity index (χ1v) is 8.68. The molecule has 1 aromatic heterocycles. The van der Waals surface area contributed by atoms with Gasteiger partial charge in [0.15, 0.2) is 0 Å². The van der Waals surface area contributed by atoms with Crippen molar-refractivity contribution in [1.29, 1.82) is 0 Å². The summed E-state index contributed by atoms with van der Waals surface area (Å²) in [7, 11) is 4.11. The van der Waals surface area contributed by atoms with Gasteiger partial charge in [0.2, 0.25) is 0 Å². The number of aryl methyl sites for hydroxylation is 1. The maximum absolute atomic E-state index is 11.5. The van der Waals surface area contributed by atoms with Crippen molar-refractivity contribution >= 4 is 35.7 Å². The van der Waals surface area contributed by atoms with Gasteiger partial charge >= 0.3 is 24.8 Å². The molecule has 2 unspecified atom stereocenters. The molecule has 0 radical (unpaired) electrons. The Morgan fingerprint density at radius 1 is 1.28 bits per heavy atom. The molecular weight excluding hydrogens is 311 g/mol. The second-order valence-corrected chi connectivity index (χ2v) is 7.17. The van der Waals surface area contributed by atoms with Crippen LogP contribution in [0.25, 0.3) is 10.9 Å². The number of carbonyl (C=O) groups is 1. The van der Waals surface area contributed by atoms with E-state index in [9.17, 15) is 9.90 Å². The topological polar surface area (TPSA) is 70.4 Å². The minimum absolute atomic E-state index is 0. The number of nitrogens with one attached hydrogen (secondary N) is 1. The van der Waals surface area contributed by atoms with Crippen LogP contribution in [0.2, 0.25) is 0 Å². The van der Waals surface area contributed by atoms with Gasteiger partial charge in [-0.1, -0.05) is 6.07 Å². The summed E-state index contributed by atoms with van der Waals surface area (Å²) < 4.78 is 1.77. The number of aromatic nitrogens is 2. The Labute approximate surface area is 159 Å². The average Bonchev–Trinajstić information content (AvgIpc) is 2.97. The number of aromatic carboxylic acids is 1. The number of rotatable bonds is 4. The summed E-state index contributed by atoms with van der Waals surface area (Å²) in [5.74, 6) is -0.896. The third kappa shape index (κ3) is 3.24. The molecule has 6 nitrogen and oxygen atoms in total. The van der Waals surface area contributed by atoms with E-state index in [-0.39, 0.29) is 18.9 Å². The number of carboxylic acids is 1. The Morgan fingerprint density at radius 3 is 2.60 bits per heavy atom. The zero-order chi connectivity index (χ0) is 16.8. The third-order valence-corrected chi connectivity index (χ3v) is 5.84. The molecule has 0 amide bonds. The van der Waals surface area contributed by atoms with E-state index in [0.29, 0.717) is 30.2 Å². The van der Waals surface area contributed by atoms with Gasteiger partial charge in [0.25, 0.3) is 0 Å². The van der Waals surface area contributed by atoms with Crippen molar-refractivity contribution in [3.63, 3.8) is 0 Å². The fourth-order valence-electron chi connectivity index (χ4n) is 4.52. The maximum atomic E-state index is 11.5. The zero-order valence-corrected chi connectivity index (χ0v) is 14.2. The summed E-state index contributed by atoms with van der Waals surface area (Å²) in [6.07, 6.45) is 4.94. The summed E-state index contributed by atoms with van der Waals surface area (Å²) in [4.78, 5) is 14.1. The van der Waals surface area contributed by atoms with Gasteiger partial charge in [-0.05, 0) is 44.9 Å². The van der Waals surface area contributed by atoms with Crippen LogP contribution in [0.1, 0.15) is 41.7 Å². The van der Waals surface area contributed by atoms with Gasteiger partial charge in [0.1, 0.15) is 0 Å². The van der Waals surface area contributed by atoms with Crippen molar-refractivity contribution in [3.8, 4) is 0 Å². The van der Waals surface area contributed by atoms with Crippen LogP contribution in [0, 0.1) is 0 Å². The van der Waals surface area contributed by atoms with Crippen molar-refractivity contribution in [2.75, 3.05) is 7.05 Å². The fraction of sp³-hybridized carbons (Fsp3) is 0.556. The van der Waals surface area contributed by atoms with E-state index in [1.54, 1.807) is 16.8 Å². The molecule has 2 aromatic rings. The van der Waals surface area contributed by atoms with Crippen LogP contribution in [-0.4, -0.2) is 69.8 Å². The van der Waals surface area contributed by atoms with Crippen molar-refractivity contribution < 1.29 is 9.90 Å². The Kier molecular flexibility index (Phi) is 5.26. The molecule has 4 rings (SSSR count). The molecular formula is C18H25LiN4O2. The van der Waals surface area contributed by atoms with E-state index < -0.39 is 5.97 Å². The van der Waals surface area contributed by atoms with Gasteiger partial charge in [-0.3, -0.25) is 4.68 Å². The van der Waals surface area contributed by atoms with Gasteiger partial charge in [0.05, 0.1) is 16.8 Å². The first-order valence-electron chi connectivity index (χ1n) is 8.68. The molecule has 7 heteroatoms. The summed E-state index contributed by atoms with van der Waals surface area (Å²) >= 11 is 0. The number of benzene rings is 1. The SMILES string of the molecule is CN1C2CCC1CC(NCc1nn(C)c3cccc(C(=O)O)c13)C2.[LiH]. The number of hydrogen-bond donors (Lipinski definition) is 2. The molecule has 2 saturated heterocycles. The van der Waals surface area contributed by atoms with Gasteiger partial charge in [-0.15, -0.1) is 0 Å². The fourth-order valence-corrected chi connectivity index (χ4v) is 4.52. The van der Waals surface area contributed by atoms with Crippen LogP contribution < -0.4 is 5.32 Å². The van der Waals surface area contributed by atoms with Crippen molar-refractivity contribution in [2.24, 2.45) is 7.05 Å². The van der Waals surface area contributed by atoms with Gasteiger partial charge in [-0.25, -0.2) is 4.79 Å². The number of piperidine rings is 1. The van der Waals surface area contributed by atoms with E-state index in [4.69, 9.17) is 0 Å². The van der Waals surface area contributed by atoms with Crippen LogP contribution in [0.5, 0.6) is 0 Å². The number of carboxylic acid groups (broad SMARTS) is 1. The predicted molar refractivity (Wildman–Crippen MR) is 99.3 cm³/mol. The second kappa shape index (κ2) is 7.12. The van der Waals surface area contributed by atoms with Crippen LogP contribution in [-0.2, 0) is 13.6 Å². The van der Waals surface area contributed by atoms with Crippen molar-refractivity contribution in [1.82, 2.24) is 20.0 Å². The standard InChI is InChI=1S/C18H24N4O2.Li.H/c1-21-12-6-7-13(21)9-11(8-12)19-10-15-17-14(18(23)24)4-3-5-16(17)22(2)20-15;;/h3-5,11-13,19H,6-10H2,1-2H3,(H,23,24);;. The van der Waals surface area contributed by atoms with Crippen LogP contribution in [0.3, 0.4) is 0 Å². The molecule has 2 fully saturated rings. The van der Waals surface area contributed by atoms with E-state index in [0.717, 1.165) is 16.6 Å². The predicted octanol–water partition coefficient (Wildman–Crippen LogP) is 1.34. The molecule has 2 N–H and O–H groups in total. The van der Waals surface area contributed by atoms with Gasteiger partial charge in [0, 0.05) is 37.1 Å². The van der Waals surface area contributed by atoms with Gasteiger partial charge in [-0.2, -0.15) is 5.10 Å². The molecule has 2 aliphatic heterocycles. The zero-order valence-electron chi connectivity index (χ0n) is 14.2. The van der Waals surface area contributed by atoms with E-state index >= 15 is 0 Å². The molecule has 0 aliphatic carbocycles. The second-order valence-electron chi connectivity index (χ2n) is 7.17. The molecule has 2 bridgehead atoms. The Bertz CT molecular complexity index is 777. The summed E-state index contributed by atoms with van der Waals surface area (Å²) in [5.41, 5.74) is 2.03. The first-order chi connectivity index (χ1) is 11.5. The Balaban J connectivity index is 0.00000182. The quantitative estimate of drug-likeness (QED) is 0.825. The van der Waals surface area contributed by atoms with Gasteiger partial charge < -0.3 is 15.3 Å². The average molecular weight is 336 g/mol. The summed E-state index contributed by atoms with van der Waals surface area (Å²) in [5, 5.41) is 18.4. The Hall–Kier alpha value is -1.32. The van der Waals surface area contributed by atoms with E-state index in [1.807, 2.05) is 13.1 Å². The van der Waals surface area contributed by atoms with Crippen LogP contribution in [0.4, 0.5) is 0 Å². The van der Waals surface area contributed by atoms with Crippen LogP contribution >= 0.6 is 0 Å². The monoisotopic (exact) mass is 336 g/mol. The molecule has 2 aliphatic rings. The molecule has 25 heavy (non-hydrogen) atoms. The van der Waals surface area contributed by atoms with E-state index in [2.05, 4.69) is 22.4 Å². The summed E-state index contributed by atoms with van der Waals surface area (Å²) in [6.45, 7) is 0.620. The normalized spacial score (nSPS) is 25.9. The van der Waals surface area contributed by atoms with Crippen LogP contribution in [0.15, 0.2) is 18.2 Å². The molecule has 130 valence electrons. The third-order valence-electron chi connectivity index (χ3n) is 5.84. The molecule has 3 heterocycles. The number of nitrogens with zero attached hydrogens (tertiary/aromatic N) is 3. The van der Waals surface area contributed by atoms with Crippen molar-refractivity contribution in [3.05, 3.63) is 29.5 Å². The number of hydrogen-bond acceptors (Lipinski definition) is 4. The molecule has 2 atom stereocenters. The summed E-state index contributed by atoms with van der Waals surface area (Å²) in [6, 6.07) is 7.24. The Morgan fingerprint density at radius 2 is 1.96 bits per heavy atom. The molecule has 0 saturated carbocycles. The minimum atomic E-state index is -0.896.